The van der Waals surface area contributed by atoms with Crippen LogP contribution in [0, 0.1) is 12.7 Å². The lowest BCUT2D eigenvalue weighted by Gasteiger charge is -2.38. The van der Waals surface area contributed by atoms with Gasteiger partial charge in [0.25, 0.3) is 0 Å². The van der Waals surface area contributed by atoms with Crippen LogP contribution >= 0.6 is 0 Å². The molecule has 4 rings (SSSR count). The number of para-hydroxylation sites is 1. The Bertz CT molecular complexity index is 1140. The zero-order valence-electron chi connectivity index (χ0n) is 17.2. The molecule has 8 heteroatoms. The summed E-state index contributed by atoms with van der Waals surface area (Å²) in [5, 5.41) is 1.10. The molecule has 1 aliphatic rings. The quantitative estimate of drug-likeness (QED) is 0.631. The molecule has 2 N–H and O–H groups in total. The highest BCUT2D eigenvalue weighted by Crippen LogP contribution is 2.29. The van der Waals surface area contributed by atoms with Gasteiger partial charge in [0.05, 0.1) is 10.9 Å². The molecule has 0 spiro atoms. The van der Waals surface area contributed by atoms with Gasteiger partial charge in [-0.1, -0.05) is 18.2 Å². The number of sulfonamides is 1. The van der Waals surface area contributed by atoms with Crippen molar-refractivity contribution in [3.63, 3.8) is 0 Å². The van der Waals surface area contributed by atoms with Crippen LogP contribution in [0.4, 0.5) is 4.39 Å². The first-order valence-electron chi connectivity index (χ1n) is 10.1. The predicted octanol–water partition coefficient (Wildman–Crippen LogP) is 2.88. The highest BCUT2D eigenvalue weighted by atomic mass is 32.2. The summed E-state index contributed by atoms with van der Waals surface area (Å²) in [5.41, 5.74) is 2.42. The minimum atomic E-state index is -3.75. The smallest absolute Gasteiger partial charge is 0.240 e. The van der Waals surface area contributed by atoms with Crippen molar-refractivity contribution in [2.75, 3.05) is 39.8 Å². The maximum absolute atomic E-state index is 13.6. The second-order valence-electron chi connectivity index (χ2n) is 7.91. The largest absolute Gasteiger partial charge is 0.361 e. The molecule has 0 unspecified atom stereocenters. The van der Waals surface area contributed by atoms with Crippen LogP contribution in [0.5, 0.6) is 0 Å². The molecule has 160 valence electrons. The highest BCUT2D eigenvalue weighted by molar-refractivity contribution is 7.89. The number of hydrogen-bond acceptors (Lipinski definition) is 4. The van der Waals surface area contributed by atoms with E-state index in [0.717, 1.165) is 42.6 Å². The molecule has 6 nitrogen and oxygen atoms in total. The van der Waals surface area contributed by atoms with Crippen molar-refractivity contribution in [2.24, 2.45) is 0 Å². The van der Waals surface area contributed by atoms with Gasteiger partial charge in [-0.3, -0.25) is 4.90 Å². The number of nitrogens with zero attached hydrogens (tertiary/aromatic N) is 2. The van der Waals surface area contributed by atoms with Crippen LogP contribution in [0.15, 0.2) is 53.6 Å². The predicted molar refractivity (Wildman–Crippen MR) is 116 cm³/mol. The number of aromatic amines is 1. The van der Waals surface area contributed by atoms with Gasteiger partial charge in [-0.05, 0) is 49.4 Å². The van der Waals surface area contributed by atoms with Crippen molar-refractivity contribution < 1.29 is 12.8 Å². The van der Waals surface area contributed by atoms with E-state index in [1.807, 2.05) is 24.4 Å². The van der Waals surface area contributed by atoms with Crippen LogP contribution < -0.4 is 4.72 Å². The minimum absolute atomic E-state index is 0.0810. The maximum Gasteiger partial charge on any atom is 0.240 e. The molecule has 1 atom stereocenters. The maximum atomic E-state index is 13.6. The Labute approximate surface area is 176 Å². The summed E-state index contributed by atoms with van der Waals surface area (Å²) in [6, 6.07) is 11.8. The van der Waals surface area contributed by atoms with E-state index < -0.39 is 15.8 Å². The number of benzene rings is 2. The summed E-state index contributed by atoms with van der Waals surface area (Å²) in [6.45, 7) is 5.39. The number of aromatic nitrogens is 1. The van der Waals surface area contributed by atoms with Gasteiger partial charge in [0.2, 0.25) is 10.0 Å². The number of piperazine rings is 1. The van der Waals surface area contributed by atoms with Crippen molar-refractivity contribution in [2.45, 2.75) is 17.9 Å². The normalized spacial score (nSPS) is 17.4. The lowest BCUT2D eigenvalue weighted by Crippen LogP contribution is -2.48. The number of aryl methyl sites for hydroxylation is 1. The Morgan fingerprint density at radius 3 is 2.60 bits per heavy atom. The summed E-state index contributed by atoms with van der Waals surface area (Å²) < 4.78 is 42.1. The number of H-pyrrole nitrogens is 1. The molecule has 1 saturated heterocycles. The van der Waals surface area contributed by atoms with Crippen molar-refractivity contribution in [3.8, 4) is 0 Å². The summed E-state index contributed by atoms with van der Waals surface area (Å²) in [6.07, 6.45) is 1.98. The molecule has 30 heavy (non-hydrogen) atoms. The number of halogens is 1. The third-order valence-electron chi connectivity index (χ3n) is 5.87. The van der Waals surface area contributed by atoms with Crippen LogP contribution in [0.1, 0.15) is 17.2 Å². The monoisotopic (exact) mass is 430 g/mol. The Morgan fingerprint density at radius 2 is 1.87 bits per heavy atom. The third-order valence-corrected chi connectivity index (χ3v) is 7.29. The number of likely N-dealkylation sites (N-methyl/N-ethyl adjacent to an activating group) is 1. The lowest BCUT2D eigenvalue weighted by atomic mass is 10.0. The van der Waals surface area contributed by atoms with Crippen LogP contribution in [0.25, 0.3) is 10.9 Å². The molecule has 1 aliphatic heterocycles. The number of hydrogen-bond donors (Lipinski definition) is 2. The Hall–Kier alpha value is -2.26. The Morgan fingerprint density at radius 1 is 1.13 bits per heavy atom. The van der Waals surface area contributed by atoms with Gasteiger partial charge in [-0.2, -0.15) is 0 Å². The van der Waals surface area contributed by atoms with Gasteiger partial charge < -0.3 is 9.88 Å². The van der Waals surface area contributed by atoms with E-state index in [-0.39, 0.29) is 17.5 Å². The van der Waals surface area contributed by atoms with Gasteiger partial charge in [0, 0.05) is 49.8 Å². The van der Waals surface area contributed by atoms with Crippen LogP contribution in [0.3, 0.4) is 0 Å². The molecule has 3 aromatic rings. The first kappa shape index (κ1) is 21.0. The second kappa shape index (κ2) is 8.47. The lowest BCUT2D eigenvalue weighted by molar-refractivity contribution is 0.113. The summed E-state index contributed by atoms with van der Waals surface area (Å²) in [7, 11) is -1.66. The van der Waals surface area contributed by atoms with Gasteiger partial charge in [0.15, 0.2) is 0 Å². The molecule has 0 aliphatic carbocycles. The second-order valence-corrected chi connectivity index (χ2v) is 9.67. The molecule has 2 heterocycles. The Balaban J connectivity index is 1.62. The molecule has 2 aromatic carbocycles. The fourth-order valence-electron chi connectivity index (χ4n) is 4.00. The molecule has 1 fully saturated rings. The topological polar surface area (TPSA) is 68.4 Å². The van der Waals surface area contributed by atoms with E-state index >= 15 is 0 Å². The molecule has 0 bridgehead atoms. The molecule has 0 amide bonds. The van der Waals surface area contributed by atoms with Crippen molar-refractivity contribution in [1.29, 1.82) is 0 Å². The average molecular weight is 431 g/mol. The van der Waals surface area contributed by atoms with Crippen LogP contribution in [-0.2, 0) is 10.0 Å². The zero-order valence-corrected chi connectivity index (χ0v) is 18.0. The first-order valence-corrected chi connectivity index (χ1v) is 11.6. The van der Waals surface area contributed by atoms with Gasteiger partial charge in [0.1, 0.15) is 5.82 Å². The number of fused-ring (bicyclic) bond motifs is 1. The highest BCUT2D eigenvalue weighted by Gasteiger charge is 2.28. The molecular formula is C22H27FN4O2S. The van der Waals surface area contributed by atoms with Crippen molar-refractivity contribution in [3.05, 3.63) is 65.6 Å². The fourth-order valence-corrected chi connectivity index (χ4v) is 5.12. The molecule has 1 aromatic heterocycles. The van der Waals surface area contributed by atoms with Crippen LogP contribution in [-0.4, -0.2) is 63.0 Å². The van der Waals surface area contributed by atoms with Crippen molar-refractivity contribution in [1.82, 2.24) is 19.5 Å². The first-order chi connectivity index (χ1) is 14.3. The fraction of sp³-hybridized carbons (Fsp3) is 0.364. The SMILES string of the molecule is Cc1cc(S(=O)(=O)NC[C@H](c2c[nH]c3ccccc23)N2CCN(C)CC2)ccc1F. The third kappa shape index (κ3) is 4.27. The number of rotatable bonds is 6. The summed E-state index contributed by atoms with van der Waals surface area (Å²) in [5.74, 6) is -0.414. The summed E-state index contributed by atoms with van der Waals surface area (Å²) >= 11 is 0. The van der Waals surface area contributed by atoms with Gasteiger partial charge in [-0.15, -0.1) is 0 Å². The average Bonchev–Trinajstić information content (AvgIpc) is 3.15. The summed E-state index contributed by atoms with van der Waals surface area (Å²) in [4.78, 5) is 7.98. The Kier molecular flexibility index (Phi) is 5.92. The number of nitrogens with one attached hydrogen (secondary N) is 2. The molecular weight excluding hydrogens is 403 g/mol. The van der Waals surface area contributed by atoms with E-state index in [9.17, 15) is 12.8 Å². The van der Waals surface area contributed by atoms with E-state index in [2.05, 4.69) is 32.6 Å². The van der Waals surface area contributed by atoms with Crippen molar-refractivity contribution >= 4 is 20.9 Å². The van der Waals surface area contributed by atoms with Crippen LogP contribution in [0.2, 0.25) is 0 Å². The minimum Gasteiger partial charge on any atom is -0.361 e. The molecule has 0 radical (unpaired) electrons. The van der Waals surface area contributed by atoms with E-state index in [1.54, 1.807) is 6.92 Å². The van der Waals surface area contributed by atoms with Gasteiger partial charge in [-0.25, -0.2) is 17.5 Å². The standard InChI is InChI=1S/C22H27FN4O2S/c1-16-13-17(7-8-20(16)23)30(28,29)25-15-22(27-11-9-26(2)10-12-27)19-14-24-21-6-4-3-5-18(19)21/h3-8,13-14,22,24-25H,9-12,15H2,1-2H3/t22-/m1/s1. The molecule has 0 saturated carbocycles. The van der Waals surface area contributed by atoms with Gasteiger partial charge >= 0.3 is 0 Å². The van der Waals surface area contributed by atoms with E-state index in [1.165, 1.54) is 18.2 Å². The van der Waals surface area contributed by atoms with E-state index in [4.69, 9.17) is 0 Å². The van der Waals surface area contributed by atoms with E-state index in [0.29, 0.717) is 5.56 Å². The zero-order chi connectivity index (χ0) is 21.3.